The lowest BCUT2D eigenvalue weighted by Gasteiger charge is -2.30. The van der Waals surface area contributed by atoms with E-state index >= 15 is 0 Å². The zero-order chi connectivity index (χ0) is 12.8. The first kappa shape index (κ1) is 13.6. The monoisotopic (exact) mass is 246 g/mol. The van der Waals surface area contributed by atoms with Crippen molar-refractivity contribution in [3.8, 4) is 0 Å². The molecule has 0 bridgehead atoms. The maximum absolute atomic E-state index is 3.71. The predicted molar refractivity (Wildman–Crippen MR) is 77.6 cm³/mol. The van der Waals surface area contributed by atoms with Crippen molar-refractivity contribution in [2.45, 2.75) is 51.2 Å². The minimum atomic E-state index is 0.693. The Morgan fingerprint density at radius 3 is 2.72 bits per heavy atom. The Balaban J connectivity index is 1.89. The molecule has 1 saturated carbocycles. The van der Waals surface area contributed by atoms with Gasteiger partial charge in [0.15, 0.2) is 0 Å². The van der Waals surface area contributed by atoms with E-state index in [4.69, 9.17) is 0 Å². The van der Waals surface area contributed by atoms with Crippen molar-refractivity contribution >= 4 is 0 Å². The number of likely N-dealkylation sites (N-methyl/N-ethyl adjacent to an activating group) is 1. The highest BCUT2D eigenvalue weighted by Crippen LogP contribution is 2.24. The number of nitrogens with zero attached hydrogens (tertiary/aromatic N) is 1. The van der Waals surface area contributed by atoms with Gasteiger partial charge in [0.1, 0.15) is 0 Å². The molecule has 0 radical (unpaired) electrons. The average Bonchev–Trinajstić information content (AvgIpc) is 2.86. The van der Waals surface area contributed by atoms with E-state index in [9.17, 15) is 0 Å². The summed E-state index contributed by atoms with van der Waals surface area (Å²) < 4.78 is 0. The highest BCUT2D eigenvalue weighted by atomic mass is 15.2. The van der Waals surface area contributed by atoms with Crippen LogP contribution in [0.5, 0.6) is 0 Å². The van der Waals surface area contributed by atoms with Crippen LogP contribution in [0.4, 0.5) is 0 Å². The standard InChI is InChI=1S/C16H26N2/c1-3-12-17-15-10-7-11-16(15)18(2)13-14-8-5-4-6-9-14/h4-6,8-9,15-17H,3,7,10-13H2,1-2H3. The second-order valence-electron chi connectivity index (χ2n) is 5.46. The molecule has 1 aliphatic rings. The summed E-state index contributed by atoms with van der Waals surface area (Å²) in [4.78, 5) is 2.52. The maximum Gasteiger partial charge on any atom is 0.0249 e. The first-order valence-corrected chi connectivity index (χ1v) is 7.29. The van der Waals surface area contributed by atoms with E-state index in [1.165, 1.54) is 31.2 Å². The quantitative estimate of drug-likeness (QED) is 0.830. The molecule has 2 heteroatoms. The van der Waals surface area contributed by atoms with Gasteiger partial charge in [-0.05, 0) is 38.4 Å². The molecular weight excluding hydrogens is 220 g/mol. The number of benzene rings is 1. The highest BCUT2D eigenvalue weighted by molar-refractivity contribution is 5.14. The van der Waals surface area contributed by atoms with Crippen LogP contribution in [0, 0.1) is 0 Å². The Morgan fingerprint density at radius 1 is 1.22 bits per heavy atom. The van der Waals surface area contributed by atoms with E-state index in [0.717, 1.165) is 13.1 Å². The average molecular weight is 246 g/mol. The van der Waals surface area contributed by atoms with Gasteiger partial charge < -0.3 is 5.32 Å². The fraction of sp³-hybridized carbons (Fsp3) is 0.625. The molecule has 1 aromatic carbocycles. The van der Waals surface area contributed by atoms with Crippen LogP contribution in [0.1, 0.15) is 38.2 Å². The van der Waals surface area contributed by atoms with Gasteiger partial charge in [0.25, 0.3) is 0 Å². The molecule has 2 unspecified atom stereocenters. The maximum atomic E-state index is 3.71. The zero-order valence-corrected chi connectivity index (χ0v) is 11.7. The lowest BCUT2D eigenvalue weighted by Crippen LogP contribution is -2.45. The van der Waals surface area contributed by atoms with Crippen molar-refractivity contribution < 1.29 is 0 Å². The van der Waals surface area contributed by atoms with Crippen LogP contribution >= 0.6 is 0 Å². The van der Waals surface area contributed by atoms with E-state index in [0.29, 0.717) is 12.1 Å². The second kappa shape index (κ2) is 6.91. The van der Waals surface area contributed by atoms with Crippen LogP contribution in [0.25, 0.3) is 0 Å². The normalized spacial score (nSPS) is 23.7. The van der Waals surface area contributed by atoms with Crippen molar-refractivity contribution in [3.05, 3.63) is 35.9 Å². The fourth-order valence-electron chi connectivity index (χ4n) is 3.02. The van der Waals surface area contributed by atoms with Crippen molar-refractivity contribution in [2.75, 3.05) is 13.6 Å². The van der Waals surface area contributed by atoms with E-state index in [1.54, 1.807) is 0 Å². The third kappa shape index (κ3) is 3.56. The van der Waals surface area contributed by atoms with Gasteiger partial charge in [0.05, 0.1) is 0 Å². The van der Waals surface area contributed by atoms with E-state index in [2.05, 4.69) is 54.5 Å². The topological polar surface area (TPSA) is 15.3 Å². The molecule has 1 N–H and O–H groups in total. The van der Waals surface area contributed by atoms with E-state index in [-0.39, 0.29) is 0 Å². The van der Waals surface area contributed by atoms with Crippen LogP contribution in [-0.2, 0) is 6.54 Å². The minimum absolute atomic E-state index is 0.693. The largest absolute Gasteiger partial charge is 0.312 e. The molecule has 18 heavy (non-hydrogen) atoms. The molecule has 1 aliphatic carbocycles. The van der Waals surface area contributed by atoms with Crippen LogP contribution in [0.2, 0.25) is 0 Å². The molecule has 1 aromatic rings. The van der Waals surface area contributed by atoms with Gasteiger partial charge in [0.2, 0.25) is 0 Å². The van der Waals surface area contributed by atoms with E-state index in [1.807, 2.05) is 0 Å². The summed E-state index contributed by atoms with van der Waals surface area (Å²) in [6.07, 6.45) is 5.27. The van der Waals surface area contributed by atoms with Crippen molar-refractivity contribution in [2.24, 2.45) is 0 Å². The molecule has 0 aromatic heterocycles. The fourth-order valence-corrected chi connectivity index (χ4v) is 3.02. The smallest absolute Gasteiger partial charge is 0.0249 e. The van der Waals surface area contributed by atoms with E-state index < -0.39 is 0 Å². The summed E-state index contributed by atoms with van der Waals surface area (Å²) in [5.74, 6) is 0. The van der Waals surface area contributed by atoms with Gasteiger partial charge in [-0.3, -0.25) is 4.90 Å². The van der Waals surface area contributed by atoms with Gasteiger partial charge in [-0.25, -0.2) is 0 Å². The summed E-state index contributed by atoms with van der Waals surface area (Å²) in [6, 6.07) is 12.2. The van der Waals surface area contributed by atoms with Crippen LogP contribution in [0.3, 0.4) is 0 Å². The number of rotatable bonds is 6. The zero-order valence-electron chi connectivity index (χ0n) is 11.7. The van der Waals surface area contributed by atoms with Crippen molar-refractivity contribution in [3.63, 3.8) is 0 Å². The molecule has 0 spiro atoms. The molecule has 2 nitrogen and oxygen atoms in total. The molecule has 0 saturated heterocycles. The second-order valence-corrected chi connectivity index (χ2v) is 5.46. The van der Waals surface area contributed by atoms with Crippen LogP contribution in [-0.4, -0.2) is 30.6 Å². The van der Waals surface area contributed by atoms with Gasteiger partial charge in [0, 0.05) is 18.6 Å². The molecule has 0 heterocycles. The number of hydrogen-bond acceptors (Lipinski definition) is 2. The summed E-state index contributed by atoms with van der Waals surface area (Å²) in [6.45, 7) is 4.46. The number of nitrogens with one attached hydrogen (secondary N) is 1. The predicted octanol–water partition coefficient (Wildman–Crippen LogP) is 3.04. The Bertz CT molecular complexity index is 336. The first-order chi connectivity index (χ1) is 8.81. The first-order valence-electron chi connectivity index (χ1n) is 7.29. The number of hydrogen-bond donors (Lipinski definition) is 1. The SMILES string of the molecule is CCCNC1CCCC1N(C)Cc1ccccc1. The van der Waals surface area contributed by atoms with Gasteiger partial charge in [-0.15, -0.1) is 0 Å². The Labute approximate surface area is 111 Å². The molecule has 100 valence electrons. The van der Waals surface area contributed by atoms with Gasteiger partial charge in [-0.2, -0.15) is 0 Å². The molecule has 2 rings (SSSR count). The molecule has 0 aliphatic heterocycles. The summed E-state index contributed by atoms with van der Waals surface area (Å²) in [5.41, 5.74) is 1.42. The molecule has 1 fully saturated rings. The van der Waals surface area contributed by atoms with Gasteiger partial charge in [-0.1, -0.05) is 43.7 Å². The van der Waals surface area contributed by atoms with Crippen LogP contribution < -0.4 is 5.32 Å². The Morgan fingerprint density at radius 2 is 2.00 bits per heavy atom. The molecular formula is C16H26N2. The van der Waals surface area contributed by atoms with Crippen molar-refractivity contribution in [1.82, 2.24) is 10.2 Å². The Hall–Kier alpha value is -0.860. The molecule has 2 atom stereocenters. The van der Waals surface area contributed by atoms with Crippen molar-refractivity contribution in [1.29, 1.82) is 0 Å². The third-order valence-corrected chi connectivity index (χ3v) is 3.98. The molecule has 0 amide bonds. The Kier molecular flexibility index (Phi) is 5.21. The van der Waals surface area contributed by atoms with Gasteiger partial charge >= 0.3 is 0 Å². The minimum Gasteiger partial charge on any atom is -0.312 e. The summed E-state index contributed by atoms with van der Waals surface area (Å²) in [5, 5.41) is 3.71. The summed E-state index contributed by atoms with van der Waals surface area (Å²) >= 11 is 0. The highest BCUT2D eigenvalue weighted by Gasteiger charge is 2.29. The summed E-state index contributed by atoms with van der Waals surface area (Å²) in [7, 11) is 2.27. The lowest BCUT2D eigenvalue weighted by molar-refractivity contribution is 0.204. The lowest BCUT2D eigenvalue weighted by atomic mass is 10.1. The third-order valence-electron chi connectivity index (χ3n) is 3.98. The van der Waals surface area contributed by atoms with Crippen LogP contribution in [0.15, 0.2) is 30.3 Å².